The van der Waals surface area contributed by atoms with Crippen LogP contribution in [-0.4, -0.2) is 10.9 Å². The van der Waals surface area contributed by atoms with Gasteiger partial charge in [0.25, 0.3) is 5.91 Å². The Morgan fingerprint density at radius 2 is 1.84 bits per heavy atom. The molecule has 4 nitrogen and oxygen atoms in total. The number of nitrogens with zero attached hydrogens (tertiary/aromatic N) is 1. The molecule has 0 aliphatic carbocycles. The summed E-state index contributed by atoms with van der Waals surface area (Å²) in [6.07, 6.45) is 0.907. The van der Waals surface area contributed by atoms with E-state index < -0.39 is 0 Å². The van der Waals surface area contributed by atoms with Crippen molar-refractivity contribution in [1.29, 1.82) is 0 Å². The van der Waals surface area contributed by atoms with Crippen LogP contribution in [0.5, 0.6) is 11.6 Å². The summed E-state index contributed by atoms with van der Waals surface area (Å²) in [7, 11) is 0. The first-order chi connectivity index (χ1) is 12.1. The average molecular weight is 336 g/mol. The molecule has 1 N–H and O–H groups in total. The van der Waals surface area contributed by atoms with Gasteiger partial charge in [-0.25, -0.2) is 9.37 Å². The number of ether oxygens (including phenoxy) is 1. The van der Waals surface area contributed by atoms with E-state index in [0.717, 1.165) is 12.0 Å². The fourth-order valence-corrected chi connectivity index (χ4v) is 2.28. The molecule has 126 valence electrons. The molecule has 0 saturated carbocycles. The van der Waals surface area contributed by atoms with E-state index in [2.05, 4.69) is 17.2 Å². The summed E-state index contributed by atoms with van der Waals surface area (Å²) < 4.78 is 18.7. The number of hydrogen-bond acceptors (Lipinski definition) is 3. The highest BCUT2D eigenvalue weighted by Gasteiger charge is 2.10. The van der Waals surface area contributed by atoms with Crippen LogP contribution in [0.2, 0.25) is 0 Å². The fourth-order valence-electron chi connectivity index (χ4n) is 2.28. The Morgan fingerprint density at radius 1 is 1.08 bits per heavy atom. The van der Waals surface area contributed by atoms with Gasteiger partial charge in [0, 0.05) is 11.8 Å². The molecule has 0 unspecified atom stereocenters. The van der Waals surface area contributed by atoms with Crippen molar-refractivity contribution in [2.75, 3.05) is 5.32 Å². The summed E-state index contributed by atoms with van der Waals surface area (Å²) in [6.45, 7) is 2.07. The van der Waals surface area contributed by atoms with Crippen LogP contribution in [0.15, 0.2) is 66.7 Å². The number of carbonyl (C=O) groups is 1. The van der Waals surface area contributed by atoms with Crippen molar-refractivity contribution in [3.05, 3.63) is 83.8 Å². The average Bonchev–Trinajstić information content (AvgIpc) is 2.64. The molecule has 1 heterocycles. The number of halogens is 1. The lowest BCUT2D eigenvalue weighted by Crippen LogP contribution is -2.13. The van der Waals surface area contributed by atoms with Crippen LogP contribution in [0.25, 0.3) is 0 Å². The Hall–Kier alpha value is -3.21. The number of aromatic nitrogens is 1. The molecule has 0 atom stereocenters. The van der Waals surface area contributed by atoms with E-state index in [9.17, 15) is 9.18 Å². The third kappa shape index (κ3) is 4.41. The number of anilines is 1. The van der Waals surface area contributed by atoms with Crippen LogP contribution in [0.3, 0.4) is 0 Å². The Kier molecular flexibility index (Phi) is 5.04. The highest BCUT2D eigenvalue weighted by atomic mass is 19.1. The smallest absolute Gasteiger partial charge is 0.274 e. The van der Waals surface area contributed by atoms with Crippen molar-refractivity contribution < 1.29 is 13.9 Å². The molecule has 5 heteroatoms. The second-order valence-electron chi connectivity index (χ2n) is 5.43. The minimum absolute atomic E-state index is 0.216. The van der Waals surface area contributed by atoms with E-state index in [1.807, 2.05) is 24.3 Å². The van der Waals surface area contributed by atoms with Crippen LogP contribution in [0, 0.1) is 5.82 Å². The minimum Gasteiger partial charge on any atom is -0.439 e. The van der Waals surface area contributed by atoms with Gasteiger partial charge in [-0.05, 0) is 54.4 Å². The number of amides is 1. The van der Waals surface area contributed by atoms with Crippen molar-refractivity contribution in [2.45, 2.75) is 13.3 Å². The molecule has 1 amide bonds. The number of aryl methyl sites for hydroxylation is 1. The maximum absolute atomic E-state index is 12.9. The van der Waals surface area contributed by atoms with Crippen LogP contribution in [-0.2, 0) is 6.42 Å². The zero-order chi connectivity index (χ0) is 17.6. The van der Waals surface area contributed by atoms with Crippen LogP contribution < -0.4 is 10.1 Å². The predicted octanol–water partition coefficient (Wildman–Crippen LogP) is 4.83. The van der Waals surface area contributed by atoms with Gasteiger partial charge in [-0.1, -0.05) is 25.1 Å². The number of carbonyl (C=O) groups excluding carboxylic acids is 1. The molecule has 25 heavy (non-hydrogen) atoms. The van der Waals surface area contributed by atoms with E-state index in [1.165, 1.54) is 24.3 Å². The first-order valence-electron chi connectivity index (χ1n) is 7.95. The zero-order valence-corrected chi connectivity index (χ0v) is 13.7. The molecule has 1 aromatic heterocycles. The zero-order valence-electron chi connectivity index (χ0n) is 13.7. The second kappa shape index (κ2) is 7.57. The van der Waals surface area contributed by atoms with Crippen molar-refractivity contribution in [3.63, 3.8) is 0 Å². The number of nitrogens with one attached hydrogen (secondary N) is 1. The molecule has 0 saturated heterocycles. The molecule has 2 aromatic carbocycles. The monoisotopic (exact) mass is 336 g/mol. The lowest BCUT2D eigenvalue weighted by atomic mass is 10.2. The third-order valence-corrected chi connectivity index (χ3v) is 3.59. The molecule has 3 aromatic rings. The predicted molar refractivity (Wildman–Crippen MR) is 94.5 cm³/mol. The van der Waals surface area contributed by atoms with Gasteiger partial charge in [0.05, 0.1) is 0 Å². The highest BCUT2D eigenvalue weighted by Crippen LogP contribution is 2.21. The van der Waals surface area contributed by atoms with Gasteiger partial charge >= 0.3 is 0 Å². The molecule has 0 bridgehead atoms. The summed E-state index contributed by atoms with van der Waals surface area (Å²) in [6, 6.07) is 18.2. The normalized spacial score (nSPS) is 10.3. The van der Waals surface area contributed by atoms with E-state index >= 15 is 0 Å². The maximum Gasteiger partial charge on any atom is 0.274 e. The molecule has 0 aliphatic heterocycles. The van der Waals surface area contributed by atoms with Gasteiger partial charge in [0.15, 0.2) is 0 Å². The van der Waals surface area contributed by atoms with E-state index in [1.54, 1.807) is 18.2 Å². The van der Waals surface area contributed by atoms with Crippen molar-refractivity contribution >= 4 is 11.6 Å². The first kappa shape index (κ1) is 16.6. The highest BCUT2D eigenvalue weighted by molar-refractivity contribution is 6.02. The number of hydrogen-bond donors (Lipinski definition) is 1. The summed E-state index contributed by atoms with van der Waals surface area (Å²) in [4.78, 5) is 16.5. The van der Waals surface area contributed by atoms with Gasteiger partial charge in [0.2, 0.25) is 5.88 Å². The van der Waals surface area contributed by atoms with Gasteiger partial charge in [-0.3, -0.25) is 4.79 Å². The Morgan fingerprint density at radius 3 is 2.60 bits per heavy atom. The molecule has 0 fully saturated rings. The van der Waals surface area contributed by atoms with Crippen molar-refractivity contribution in [3.8, 4) is 11.6 Å². The first-order valence-corrected chi connectivity index (χ1v) is 7.95. The standard InChI is InChI=1S/C20H17FN2O2/c1-2-14-5-3-6-17(13-14)25-19-8-4-7-18(23-19)20(24)22-16-11-9-15(21)10-12-16/h3-13H,2H2,1H3,(H,22,24). The Balaban J connectivity index is 1.74. The molecule has 0 aliphatic rings. The molecular weight excluding hydrogens is 319 g/mol. The number of pyridine rings is 1. The SMILES string of the molecule is CCc1cccc(Oc2cccc(C(=O)Nc3ccc(F)cc3)n2)c1. The van der Waals surface area contributed by atoms with Crippen LogP contribution >= 0.6 is 0 Å². The minimum atomic E-state index is -0.389. The van der Waals surface area contributed by atoms with Gasteiger partial charge in [-0.2, -0.15) is 0 Å². The summed E-state index contributed by atoms with van der Waals surface area (Å²) in [5, 5.41) is 2.67. The second-order valence-corrected chi connectivity index (χ2v) is 5.43. The van der Waals surface area contributed by atoms with E-state index in [4.69, 9.17) is 4.74 Å². The van der Waals surface area contributed by atoms with E-state index in [-0.39, 0.29) is 17.4 Å². The Bertz CT molecular complexity index is 879. The van der Waals surface area contributed by atoms with Gasteiger partial charge in [-0.15, -0.1) is 0 Å². The van der Waals surface area contributed by atoms with E-state index in [0.29, 0.717) is 17.3 Å². The number of rotatable bonds is 5. The van der Waals surface area contributed by atoms with Crippen molar-refractivity contribution in [2.24, 2.45) is 0 Å². The molecule has 3 rings (SSSR count). The lowest BCUT2D eigenvalue weighted by molar-refractivity contribution is 0.102. The quantitative estimate of drug-likeness (QED) is 0.726. The summed E-state index contributed by atoms with van der Waals surface area (Å²) >= 11 is 0. The molecule has 0 radical (unpaired) electrons. The summed E-state index contributed by atoms with van der Waals surface area (Å²) in [5.74, 6) is 0.253. The molecule has 0 spiro atoms. The lowest BCUT2D eigenvalue weighted by Gasteiger charge is -2.08. The number of benzene rings is 2. The largest absolute Gasteiger partial charge is 0.439 e. The third-order valence-electron chi connectivity index (χ3n) is 3.59. The molecular formula is C20H17FN2O2. The van der Waals surface area contributed by atoms with Crippen LogP contribution in [0.1, 0.15) is 23.0 Å². The Labute approximate surface area is 145 Å². The van der Waals surface area contributed by atoms with Gasteiger partial charge in [0.1, 0.15) is 17.3 Å². The fraction of sp³-hybridized carbons (Fsp3) is 0.100. The maximum atomic E-state index is 12.9. The van der Waals surface area contributed by atoms with Crippen molar-refractivity contribution in [1.82, 2.24) is 4.98 Å². The van der Waals surface area contributed by atoms with Crippen LogP contribution in [0.4, 0.5) is 10.1 Å². The topological polar surface area (TPSA) is 51.2 Å². The van der Waals surface area contributed by atoms with Gasteiger partial charge < -0.3 is 10.1 Å². The summed E-state index contributed by atoms with van der Waals surface area (Å²) in [5.41, 5.74) is 1.87.